The minimum Gasteiger partial charge on any atom is -0.808 e. The average molecular weight is 833 g/mol. The van der Waals surface area contributed by atoms with Crippen LogP contribution in [0.2, 0.25) is 0 Å². The summed E-state index contributed by atoms with van der Waals surface area (Å²) in [6.07, 6.45) is 21.4. The van der Waals surface area contributed by atoms with Gasteiger partial charge in [0.2, 0.25) is 0 Å². The molecule has 6 atom stereocenters. The van der Waals surface area contributed by atoms with Crippen LogP contribution in [-0.4, -0.2) is 19.3 Å². The van der Waals surface area contributed by atoms with E-state index >= 15 is 0 Å². The zero-order valence-electron chi connectivity index (χ0n) is 34.1. The molecule has 4 bridgehead atoms. The first kappa shape index (κ1) is 49.0. The predicted molar refractivity (Wildman–Crippen MR) is 232 cm³/mol. The van der Waals surface area contributed by atoms with Crippen molar-refractivity contribution in [2.75, 3.05) is 14.2 Å². The van der Waals surface area contributed by atoms with Gasteiger partial charge in [-0.05, 0) is 122 Å². The first-order valence-electron chi connectivity index (χ1n) is 18.5. The number of aromatic hydroxyl groups is 1. The van der Waals surface area contributed by atoms with E-state index in [1.54, 1.807) is 44.6 Å². The molecule has 2 aromatic rings. The van der Waals surface area contributed by atoms with Crippen LogP contribution in [0.15, 0.2) is 83.0 Å². The Kier molecular flexibility index (Phi) is 19.8. The fourth-order valence-corrected chi connectivity index (χ4v) is 9.25. The second-order valence-electron chi connectivity index (χ2n) is 14.0. The van der Waals surface area contributed by atoms with Crippen LogP contribution in [0.4, 0.5) is 0 Å². The van der Waals surface area contributed by atoms with Gasteiger partial charge < -0.3 is 28.9 Å². The minimum absolute atomic E-state index is 0. The van der Waals surface area contributed by atoms with Crippen molar-refractivity contribution in [2.45, 2.75) is 52.4 Å². The molecule has 2 aromatic carbocycles. The third-order valence-corrected chi connectivity index (χ3v) is 11.4. The molecular formula is C48H52Na2O6P2. The van der Waals surface area contributed by atoms with Crippen molar-refractivity contribution in [3.8, 4) is 83.6 Å². The summed E-state index contributed by atoms with van der Waals surface area (Å²) in [7, 11) is 1.86. The molecule has 292 valence electrons. The SMILES string of the molecule is C#CC#CC#CC1C=C(C)C2CCCC1/C2=C(\OC)c1cccc(O)c1.C#CC#CC#CC1C=C(C)C2CCCC1/C2=C(\OC)c1cccc(OP([O-])([O-])=P)c1.[HH].[HH].[HH].[HH].[Na+].[Na+]. The molecule has 0 saturated heterocycles. The number of hydrogen-bond acceptors (Lipinski definition) is 6. The first-order valence-corrected chi connectivity index (χ1v) is 21.4. The molecule has 0 spiro atoms. The van der Waals surface area contributed by atoms with Gasteiger partial charge in [0.1, 0.15) is 23.0 Å². The van der Waals surface area contributed by atoms with E-state index in [9.17, 15) is 14.9 Å². The van der Waals surface area contributed by atoms with Gasteiger partial charge in [0.05, 0.1) is 14.2 Å². The normalized spacial score (nSPS) is 23.9. The van der Waals surface area contributed by atoms with Gasteiger partial charge in [-0.3, -0.25) is 0 Å². The second-order valence-corrected chi connectivity index (χ2v) is 16.8. The molecule has 2 fully saturated rings. The summed E-state index contributed by atoms with van der Waals surface area (Å²) in [5.74, 6) is 30.7. The van der Waals surface area contributed by atoms with E-state index in [1.165, 1.54) is 28.7 Å². The fraction of sp³-hybridized carbons (Fsp3) is 0.333. The zero-order chi connectivity index (χ0) is 40.2. The summed E-state index contributed by atoms with van der Waals surface area (Å²) in [5, 5.41) is 9.89. The Morgan fingerprint density at radius 1 is 0.724 bits per heavy atom. The molecule has 0 radical (unpaired) electrons. The molecule has 10 heteroatoms. The smallest absolute Gasteiger partial charge is 0.808 e. The van der Waals surface area contributed by atoms with Crippen molar-refractivity contribution in [3.63, 3.8) is 0 Å². The van der Waals surface area contributed by atoms with Gasteiger partial charge in [0, 0.05) is 52.3 Å². The molecule has 0 aliphatic heterocycles. The first-order chi connectivity index (χ1) is 27.0. The Morgan fingerprint density at radius 3 is 1.62 bits per heavy atom. The number of ether oxygens (including phenoxy) is 2. The summed E-state index contributed by atoms with van der Waals surface area (Å²) in [6, 6.07) is 14.2. The number of rotatable bonds is 6. The van der Waals surface area contributed by atoms with E-state index in [1.807, 2.05) is 18.2 Å². The monoisotopic (exact) mass is 832 g/mol. The number of allylic oxidation sites excluding steroid dienone is 6. The van der Waals surface area contributed by atoms with Crippen molar-refractivity contribution in [1.29, 1.82) is 0 Å². The van der Waals surface area contributed by atoms with E-state index in [0.29, 0.717) is 11.8 Å². The Hall–Kier alpha value is -3.39. The maximum atomic E-state index is 11.5. The van der Waals surface area contributed by atoms with Crippen LogP contribution in [0.1, 0.15) is 69.2 Å². The van der Waals surface area contributed by atoms with Crippen molar-refractivity contribution >= 4 is 27.3 Å². The zero-order valence-corrected chi connectivity index (χ0v) is 40.0. The number of methoxy groups -OCH3 is 2. The number of benzene rings is 2. The summed E-state index contributed by atoms with van der Waals surface area (Å²) >= 11 is 0. The van der Waals surface area contributed by atoms with E-state index in [4.69, 9.17) is 26.8 Å². The van der Waals surface area contributed by atoms with Gasteiger partial charge in [0.15, 0.2) is 0 Å². The Bertz CT molecular complexity index is 2380. The number of phenolic OH excluding ortho intramolecular Hbond substituents is 1. The third kappa shape index (κ3) is 12.6. The maximum Gasteiger partial charge on any atom is 1.00 e. The largest absolute Gasteiger partial charge is 1.00 e. The second kappa shape index (κ2) is 23.4. The molecule has 6 rings (SSSR count). The van der Waals surface area contributed by atoms with Crippen molar-refractivity contribution in [2.24, 2.45) is 35.5 Å². The summed E-state index contributed by atoms with van der Waals surface area (Å²) < 4.78 is 16.7. The van der Waals surface area contributed by atoms with Gasteiger partial charge in [-0.1, -0.05) is 79.5 Å². The third-order valence-electron chi connectivity index (χ3n) is 10.7. The molecular weight excluding hydrogens is 780 g/mol. The quantitative estimate of drug-likeness (QED) is 0.158. The Balaban J connectivity index is 0. The number of phenols is 1. The fourth-order valence-electron chi connectivity index (χ4n) is 8.54. The summed E-state index contributed by atoms with van der Waals surface area (Å²) in [6.45, 7) is 4.29. The summed E-state index contributed by atoms with van der Waals surface area (Å²) in [4.78, 5) is 23.0. The predicted octanol–water partition coefficient (Wildman–Crippen LogP) is 2.97. The van der Waals surface area contributed by atoms with E-state index in [-0.39, 0.29) is 100.0 Å². The molecule has 58 heavy (non-hydrogen) atoms. The topological polar surface area (TPSA) is 94.0 Å². The van der Waals surface area contributed by atoms with Crippen LogP contribution >= 0.6 is 15.8 Å². The van der Waals surface area contributed by atoms with E-state index < -0.39 is 7.23 Å². The van der Waals surface area contributed by atoms with Crippen molar-refractivity contribution in [3.05, 3.63) is 94.1 Å². The molecule has 4 aliphatic carbocycles. The van der Waals surface area contributed by atoms with Gasteiger partial charge in [-0.25, -0.2) is 0 Å². The molecule has 1 N–H and O–H groups in total. The van der Waals surface area contributed by atoms with E-state index in [2.05, 4.69) is 93.7 Å². The van der Waals surface area contributed by atoms with Crippen molar-refractivity contribution < 1.29 is 93.7 Å². The minimum atomic E-state index is -4.09. The van der Waals surface area contributed by atoms with Crippen LogP contribution in [-0.2, 0) is 9.47 Å². The van der Waals surface area contributed by atoms with Crippen LogP contribution < -0.4 is 73.4 Å². The van der Waals surface area contributed by atoms with Gasteiger partial charge in [-0.15, -0.1) is 21.4 Å². The number of terminal acetylenes is 2. The van der Waals surface area contributed by atoms with Gasteiger partial charge in [-0.2, -0.15) is 0 Å². The molecule has 6 unspecified atom stereocenters. The molecule has 2 saturated carbocycles. The average Bonchev–Trinajstić information content (AvgIpc) is 3.16. The molecule has 0 heterocycles. The van der Waals surface area contributed by atoms with Gasteiger partial charge >= 0.3 is 59.1 Å². The van der Waals surface area contributed by atoms with Crippen LogP contribution in [0, 0.1) is 108 Å². The number of fused-ring (bicyclic) bond motifs is 4. The Morgan fingerprint density at radius 2 is 1.19 bits per heavy atom. The number of hydrogen-bond donors (Lipinski definition) is 1. The standard InChI is InChI=1S/C24H22O4P2.C24H22O2.2Na.4H2/c1-4-5-6-7-10-18-15-17(2)21-13-9-14-22(18)23(21)24(27-3)19-11-8-12-20(16-19)28-30(25,26)29;1-4-5-6-7-10-18-15-17(2)21-13-9-14-22(18)23(21)24(26-3)19-11-8-12-20(25)16-19;;;;;;/h1,8,11-12,15-16,18,21-22,29H,9,13-14H2,2-3H3;1,8,11-12,15-16,18,21-22,25H,9,13-14H2,2-3H3;;;4*1H/q-2;;2*+1;;;;/b2*24-23-;;;;;;. The van der Waals surface area contributed by atoms with Crippen LogP contribution in [0.25, 0.3) is 11.5 Å². The molecule has 4 aliphatic rings. The van der Waals surface area contributed by atoms with Crippen LogP contribution in [0.3, 0.4) is 0 Å². The summed E-state index contributed by atoms with van der Waals surface area (Å²) in [5.41, 5.74) is 6.78. The molecule has 6 nitrogen and oxygen atoms in total. The van der Waals surface area contributed by atoms with Crippen molar-refractivity contribution in [1.82, 2.24) is 0 Å². The molecule has 0 amide bonds. The Labute approximate surface area is 397 Å². The van der Waals surface area contributed by atoms with Crippen LogP contribution in [0.5, 0.6) is 11.5 Å². The van der Waals surface area contributed by atoms with E-state index in [0.717, 1.165) is 54.7 Å². The molecule has 0 aromatic heterocycles. The van der Waals surface area contributed by atoms with Gasteiger partial charge in [0.25, 0.3) is 0 Å². The maximum absolute atomic E-state index is 11.5.